The van der Waals surface area contributed by atoms with Gasteiger partial charge in [0, 0.05) is 34.8 Å². The standard InChI is InChI=1S/C18H15N3O3/c19-18(22)13-8-9-14(17(10-13)21(23)24)11-20-16-7-3-5-12-4-1-2-6-15(12)16/h1-10,20H,11H2,(H2,19,22). The summed E-state index contributed by atoms with van der Waals surface area (Å²) in [6, 6.07) is 18.0. The Labute approximate surface area is 138 Å². The molecule has 0 saturated heterocycles. The molecule has 120 valence electrons. The molecule has 1 amide bonds. The molecule has 0 aromatic heterocycles. The maximum absolute atomic E-state index is 11.2. The number of amides is 1. The second kappa shape index (κ2) is 6.37. The van der Waals surface area contributed by atoms with Gasteiger partial charge in [0.1, 0.15) is 0 Å². The minimum Gasteiger partial charge on any atom is -0.380 e. The van der Waals surface area contributed by atoms with Crippen LogP contribution in [0.4, 0.5) is 11.4 Å². The number of nitro groups is 1. The molecule has 0 aliphatic rings. The van der Waals surface area contributed by atoms with E-state index in [1.165, 1.54) is 12.1 Å². The SMILES string of the molecule is NC(=O)c1ccc(CNc2cccc3ccccc23)c([N+](=O)[O-])c1. The van der Waals surface area contributed by atoms with Crippen molar-refractivity contribution < 1.29 is 9.72 Å². The second-order valence-corrected chi connectivity index (χ2v) is 5.35. The van der Waals surface area contributed by atoms with Crippen molar-refractivity contribution in [2.24, 2.45) is 5.73 Å². The van der Waals surface area contributed by atoms with Crippen LogP contribution in [0.1, 0.15) is 15.9 Å². The van der Waals surface area contributed by atoms with Crippen LogP contribution in [0.25, 0.3) is 10.8 Å². The van der Waals surface area contributed by atoms with Crippen molar-refractivity contribution in [1.29, 1.82) is 0 Å². The molecule has 6 heteroatoms. The van der Waals surface area contributed by atoms with Gasteiger partial charge in [-0.1, -0.05) is 36.4 Å². The van der Waals surface area contributed by atoms with Crippen molar-refractivity contribution in [3.8, 4) is 0 Å². The molecule has 24 heavy (non-hydrogen) atoms. The number of nitrogens with zero attached hydrogens (tertiary/aromatic N) is 1. The largest absolute Gasteiger partial charge is 0.380 e. The summed E-state index contributed by atoms with van der Waals surface area (Å²) in [6.45, 7) is 0.267. The predicted octanol–water partition coefficient (Wildman–Crippen LogP) is 3.46. The van der Waals surface area contributed by atoms with Crippen LogP contribution >= 0.6 is 0 Å². The predicted molar refractivity (Wildman–Crippen MR) is 92.9 cm³/mol. The highest BCUT2D eigenvalue weighted by atomic mass is 16.6. The number of nitro benzene ring substituents is 1. The van der Waals surface area contributed by atoms with Gasteiger partial charge in [0.25, 0.3) is 5.69 Å². The van der Waals surface area contributed by atoms with E-state index in [2.05, 4.69) is 5.32 Å². The van der Waals surface area contributed by atoms with Crippen LogP contribution in [-0.2, 0) is 6.54 Å². The molecule has 0 bridgehead atoms. The molecule has 3 aromatic rings. The molecule has 0 aliphatic carbocycles. The Hall–Kier alpha value is -3.41. The van der Waals surface area contributed by atoms with E-state index in [1.807, 2.05) is 42.5 Å². The topological polar surface area (TPSA) is 98.3 Å². The lowest BCUT2D eigenvalue weighted by molar-refractivity contribution is -0.385. The smallest absolute Gasteiger partial charge is 0.275 e. The summed E-state index contributed by atoms with van der Waals surface area (Å²) in [7, 11) is 0. The number of fused-ring (bicyclic) bond motifs is 1. The van der Waals surface area contributed by atoms with Crippen LogP contribution in [0.3, 0.4) is 0 Å². The molecular formula is C18H15N3O3. The van der Waals surface area contributed by atoms with Gasteiger partial charge in [-0.15, -0.1) is 0 Å². The molecule has 0 fully saturated rings. The van der Waals surface area contributed by atoms with Gasteiger partial charge in [-0.3, -0.25) is 14.9 Å². The van der Waals surface area contributed by atoms with E-state index in [0.717, 1.165) is 16.5 Å². The zero-order chi connectivity index (χ0) is 17.1. The average molecular weight is 321 g/mol. The van der Waals surface area contributed by atoms with Crippen molar-refractivity contribution in [3.05, 3.63) is 81.9 Å². The Bertz CT molecular complexity index is 932. The molecule has 0 spiro atoms. The normalized spacial score (nSPS) is 10.5. The van der Waals surface area contributed by atoms with Crippen LogP contribution in [-0.4, -0.2) is 10.8 Å². The van der Waals surface area contributed by atoms with Crippen molar-refractivity contribution in [3.63, 3.8) is 0 Å². The van der Waals surface area contributed by atoms with Crippen LogP contribution in [0.2, 0.25) is 0 Å². The first-order chi connectivity index (χ1) is 11.6. The number of primary amides is 1. The Morgan fingerprint density at radius 2 is 1.83 bits per heavy atom. The Morgan fingerprint density at radius 3 is 2.58 bits per heavy atom. The lowest BCUT2D eigenvalue weighted by Gasteiger charge is -2.10. The van der Waals surface area contributed by atoms with Gasteiger partial charge in [-0.25, -0.2) is 0 Å². The summed E-state index contributed by atoms with van der Waals surface area (Å²) < 4.78 is 0. The lowest BCUT2D eigenvalue weighted by Crippen LogP contribution is -2.12. The Kier molecular flexibility index (Phi) is 4.11. The Balaban J connectivity index is 1.91. The van der Waals surface area contributed by atoms with Gasteiger partial charge in [0.2, 0.25) is 5.91 Å². The molecule has 3 aromatic carbocycles. The number of anilines is 1. The summed E-state index contributed by atoms with van der Waals surface area (Å²) in [5.74, 6) is -0.688. The minimum atomic E-state index is -0.688. The highest BCUT2D eigenvalue weighted by Crippen LogP contribution is 2.26. The number of rotatable bonds is 5. The van der Waals surface area contributed by atoms with E-state index in [4.69, 9.17) is 5.73 Å². The monoisotopic (exact) mass is 321 g/mol. The number of hydrogen-bond acceptors (Lipinski definition) is 4. The van der Waals surface area contributed by atoms with Crippen molar-refractivity contribution in [1.82, 2.24) is 0 Å². The first kappa shape index (κ1) is 15.5. The summed E-state index contributed by atoms with van der Waals surface area (Å²) in [5, 5.41) is 16.6. The van der Waals surface area contributed by atoms with Crippen molar-refractivity contribution >= 4 is 28.1 Å². The van der Waals surface area contributed by atoms with Crippen molar-refractivity contribution in [2.45, 2.75) is 6.54 Å². The second-order valence-electron chi connectivity index (χ2n) is 5.35. The van der Waals surface area contributed by atoms with E-state index in [1.54, 1.807) is 6.07 Å². The Morgan fingerprint density at radius 1 is 1.08 bits per heavy atom. The molecule has 0 saturated carbocycles. The van der Waals surface area contributed by atoms with Gasteiger partial charge >= 0.3 is 0 Å². The third-order valence-corrected chi connectivity index (χ3v) is 3.83. The van der Waals surface area contributed by atoms with Crippen LogP contribution in [0.15, 0.2) is 60.7 Å². The van der Waals surface area contributed by atoms with E-state index in [9.17, 15) is 14.9 Å². The molecular weight excluding hydrogens is 306 g/mol. The number of hydrogen-bond donors (Lipinski definition) is 2. The average Bonchev–Trinajstić information content (AvgIpc) is 2.59. The van der Waals surface area contributed by atoms with Crippen LogP contribution in [0, 0.1) is 10.1 Å². The third-order valence-electron chi connectivity index (χ3n) is 3.83. The van der Waals surface area contributed by atoms with Gasteiger partial charge in [0.15, 0.2) is 0 Å². The zero-order valence-electron chi connectivity index (χ0n) is 12.7. The fourth-order valence-electron chi connectivity index (χ4n) is 2.61. The highest BCUT2D eigenvalue weighted by Gasteiger charge is 2.16. The molecule has 0 aliphatic heterocycles. The summed E-state index contributed by atoms with van der Waals surface area (Å²) in [5.41, 5.74) is 6.55. The van der Waals surface area contributed by atoms with Crippen LogP contribution < -0.4 is 11.1 Å². The highest BCUT2D eigenvalue weighted by molar-refractivity contribution is 5.94. The minimum absolute atomic E-state index is 0.121. The van der Waals surface area contributed by atoms with E-state index < -0.39 is 10.8 Å². The molecule has 3 rings (SSSR count). The molecule has 3 N–H and O–H groups in total. The maximum atomic E-state index is 11.2. The number of nitrogens with two attached hydrogens (primary N) is 1. The van der Waals surface area contributed by atoms with Gasteiger partial charge in [0.05, 0.1) is 4.92 Å². The quantitative estimate of drug-likeness (QED) is 0.555. The van der Waals surface area contributed by atoms with Gasteiger partial charge in [-0.05, 0) is 23.6 Å². The molecule has 0 radical (unpaired) electrons. The number of carbonyl (C=O) groups excluding carboxylic acids is 1. The lowest BCUT2D eigenvalue weighted by atomic mass is 10.1. The number of benzene rings is 3. The zero-order valence-corrected chi connectivity index (χ0v) is 12.7. The van der Waals surface area contributed by atoms with E-state index in [-0.39, 0.29) is 17.8 Å². The maximum Gasteiger partial charge on any atom is 0.275 e. The molecule has 0 atom stereocenters. The van der Waals surface area contributed by atoms with E-state index >= 15 is 0 Å². The van der Waals surface area contributed by atoms with Crippen molar-refractivity contribution in [2.75, 3.05) is 5.32 Å². The summed E-state index contributed by atoms with van der Waals surface area (Å²) >= 11 is 0. The number of carbonyl (C=O) groups is 1. The van der Waals surface area contributed by atoms with Crippen LogP contribution in [0.5, 0.6) is 0 Å². The van der Waals surface area contributed by atoms with Gasteiger partial charge in [-0.2, -0.15) is 0 Å². The van der Waals surface area contributed by atoms with Gasteiger partial charge < -0.3 is 11.1 Å². The summed E-state index contributed by atoms with van der Waals surface area (Å²) in [6.07, 6.45) is 0. The molecule has 6 nitrogen and oxygen atoms in total. The fraction of sp³-hybridized carbons (Fsp3) is 0.0556. The molecule has 0 unspecified atom stereocenters. The summed E-state index contributed by atoms with van der Waals surface area (Å²) in [4.78, 5) is 21.9. The molecule has 0 heterocycles. The first-order valence-electron chi connectivity index (χ1n) is 7.35. The first-order valence-corrected chi connectivity index (χ1v) is 7.35. The van der Waals surface area contributed by atoms with E-state index in [0.29, 0.717) is 5.56 Å². The fourth-order valence-corrected chi connectivity index (χ4v) is 2.61. The number of nitrogens with one attached hydrogen (secondary N) is 1. The third kappa shape index (κ3) is 3.03.